The molecule has 0 spiro atoms. The van der Waals surface area contributed by atoms with E-state index in [1.807, 2.05) is 19.0 Å². The maximum Gasteiger partial charge on any atom is 0.236 e. The second-order valence-corrected chi connectivity index (χ2v) is 5.00. The lowest BCUT2D eigenvalue weighted by Crippen LogP contribution is -2.48. The van der Waals surface area contributed by atoms with E-state index in [0.717, 1.165) is 19.4 Å². The highest BCUT2D eigenvalue weighted by atomic mass is 16.2. The topological polar surface area (TPSA) is 78.7 Å². The number of likely N-dealkylation sites (N-methyl/N-ethyl adjacent to an activating group) is 1. The van der Waals surface area contributed by atoms with Crippen molar-refractivity contribution in [1.82, 2.24) is 15.1 Å². The van der Waals surface area contributed by atoms with E-state index in [1.165, 1.54) is 0 Å². The van der Waals surface area contributed by atoms with E-state index in [2.05, 4.69) is 5.32 Å². The molecule has 1 atom stereocenters. The van der Waals surface area contributed by atoms with Crippen LogP contribution in [0.1, 0.15) is 12.8 Å². The molecule has 0 bridgehead atoms. The van der Waals surface area contributed by atoms with Crippen LogP contribution in [0.4, 0.5) is 0 Å². The summed E-state index contributed by atoms with van der Waals surface area (Å²) in [5.41, 5.74) is 5.35. The quantitative estimate of drug-likeness (QED) is 0.652. The predicted molar refractivity (Wildman–Crippen MR) is 69.9 cm³/mol. The van der Waals surface area contributed by atoms with Crippen LogP contribution in [0.2, 0.25) is 0 Å². The Kier molecular flexibility index (Phi) is 6.07. The molecule has 1 unspecified atom stereocenters. The molecule has 1 aliphatic heterocycles. The van der Waals surface area contributed by atoms with E-state index in [0.29, 0.717) is 26.2 Å². The lowest BCUT2D eigenvalue weighted by atomic mass is 9.97. The van der Waals surface area contributed by atoms with Crippen molar-refractivity contribution >= 4 is 11.8 Å². The molecule has 0 aliphatic carbocycles. The van der Waals surface area contributed by atoms with Gasteiger partial charge < -0.3 is 20.9 Å². The monoisotopic (exact) mass is 256 g/mol. The standard InChI is InChI=1S/C12H24N4O2/c1-15(2)9-11(17)16-7-3-4-10(8-16)12(18)14-6-5-13/h10H,3-9,13H2,1-2H3,(H,14,18). The Bertz CT molecular complexity index is 294. The number of nitrogens with zero attached hydrogens (tertiary/aromatic N) is 2. The number of amides is 2. The summed E-state index contributed by atoms with van der Waals surface area (Å²) < 4.78 is 0. The van der Waals surface area contributed by atoms with E-state index >= 15 is 0 Å². The third-order valence-corrected chi connectivity index (χ3v) is 3.04. The first-order chi connectivity index (χ1) is 8.54. The molecule has 3 N–H and O–H groups in total. The molecule has 1 rings (SSSR count). The molecule has 1 heterocycles. The molecule has 0 aromatic carbocycles. The molecule has 104 valence electrons. The van der Waals surface area contributed by atoms with Gasteiger partial charge in [0.2, 0.25) is 11.8 Å². The minimum Gasteiger partial charge on any atom is -0.355 e. The van der Waals surface area contributed by atoms with Gasteiger partial charge in [-0.1, -0.05) is 0 Å². The fourth-order valence-corrected chi connectivity index (χ4v) is 2.13. The van der Waals surface area contributed by atoms with Crippen molar-refractivity contribution < 1.29 is 9.59 Å². The number of carbonyl (C=O) groups is 2. The highest BCUT2D eigenvalue weighted by Crippen LogP contribution is 2.16. The number of hydrogen-bond acceptors (Lipinski definition) is 4. The van der Waals surface area contributed by atoms with E-state index in [9.17, 15) is 9.59 Å². The average Bonchev–Trinajstić information content (AvgIpc) is 2.35. The first kappa shape index (κ1) is 14.9. The largest absolute Gasteiger partial charge is 0.355 e. The molecule has 1 aliphatic rings. The van der Waals surface area contributed by atoms with Gasteiger partial charge in [-0.05, 0) is 26.9 Å². The Hall–Kier alpha value is -1.14. The SMILES string of the molecule is CN(C)CC(=O)N1CCCC(C(=O)NCCN)C1. The molecule has 2 amide bonds. The zero-order valence-corrected chi connectivity index (χ0v) is 11.3. The van der Waals surface area contributed by atoms with Crippen molar-refractivity contribution in [2.24, 2.45) is 11.7 Å². The van der Waals surface area contributed by atoms with Gasteiger partial charge in [-0.15, -0.1) is 0 Å². The van der Waals surface area contributed by atoms with Gasteiger partial charge in [-0.25, -0.2) is 0 Å². The minimum atomic E-state index is -0.0867. The second-order valence-electron chi connectivity index (χ2n) is 5.00. The lowest BCUT2D eigenvalue weighted by Gasteiger charge is -2.32. The molecule has 0 aromatic rings. The van der Waals surface area contributed by atoms with E-state index in [-0.39, 0.29) is 17.7 Å². The van der Waals surface area contributed by atoms with Crippen molar-refractivity contribution in [3.63, 3.8) is 0 Å². The number of rotatable bonds is 5. The third kappa shape index (κ3) is 4.62. The lowest BCUT2D eigenvalue weighted by molar-refractivity contribution is -0.136. The molecular formula is C12H24N4O2. The van der Waals surface area contributed by atoms with Gasteiger partial charge >= 0.3 is 0 Å². The first-order valence-electron chi connectivity index (χ1n) is 6.45. The van der Waals surface area contributed by atoms with Crippen molar-refractivity contribution in [3.8, 4) is 0 Å². The van der Waals surface area contributed by atoms with Crippen LogP contribution >= 0.6 is 0 Å². The normalized spacial score (nSPS) is 20.0. The van der Waals surface area contributed by atoms with Gasteiger partial charge in [0, 0.05) is 26.2 Å². The van der Waals surface area contributed by atoms with Crippen LogP contribution in [0.15, 0.2) is 0 Å². The Balaban J connectivity index is 2.45. The molecule has 0 aromatic heterocycles. The summed E-state index contributed by atoms with van der Waals surface area (Å²) >= 11 is 0. The van der Waals surface area contributed by atoms with Crippen LogP contribution in [0.5, 0.6) is 0 Å². The van der Waals surface area contributed by atoms with Crippen molar-refractivity contribution in [2.75, 3.05) is 46.8 Å². The Labute approximate surface area is 108 Å². The van der Waals surface area contributed by atoms with E-state index in [1.54, 1.807) is 4.90 Å². The Morgan fingerprint density at radius 3 is 2.78 bits per heavy atom. The van der Waals surface area contributed by atoms with Crippen LogP contribution in [-0.2, 0) is 9.59 Å². The molecular weight excluding hydrogens is 232 g/mol. The minimum absolute atomic E-state index is 0.0165. The molecule has 1 saturated heterocycles. The average molecular weight is 256 g/mol. The number of piperidine rings is 1. The number of nitrogens with two attached hydrogens (primary N) is 1. The molecule has 6 heteroatoms. The summed E-state index contributed by atoms with van der Waals surface area (Å²) in [6, 6.07) is 0. The van der Waals surface area contributed by atoms with E-state index < -0.39 is 0 Å². The Morgan fingerprint density at radius 1 is 1.44 bits per heavy atom. The Morgan fingerprint density at radius 2 is 2.17 bits per heavy atom. The van der Waals surface area contributed by atoms with Gasteiger partial charge in [0.05, 0.1) is 12.5 Å². The molecule has 18 heavy (non-hydrogen) atoms. The number of carbonyl (C=O) groups excluding carboxylic acids is 2. The summed E-state index contributed by atoms with van der Waals surface area (Å²) in [7, 11) is 3.74. The number of nitrogens with one attached hydrogen (secondary N) is 1. The zero-order valence-electron chi connectivity index (χ0n) is 11.3. The number of likely N-dealkylation sites (tertiary alicyclic amines) is 1. The van der Waals surface area contributed by atoms with Crippen LogP contribution < -0.4 is 11.1 Å². The zero-order chi connectivity index (χ0) is 13.5. The van der Waals surface area contributed by atoms with Gasteiger partial charge in [0.25, 0.3) is 0 Å². The summed E-state index contributed by atoms with van der Waals surface area (Å²) in [5, 5.41) is 2.79. The molecule has 6 nitrogen and oxygen atoms in total. The van der Waals surface area contributed by atoms with Crippen LogP contribution in [0, 0.1) is 5.92 Å². The summed E-state index contributed by atoms with van der Waals surface area (Å²) in [5.74, 6) is 0.0236. The van der Waals surface area contributed by atoms with Gasteiger partial charge in [-0.2, -0.15) is 0 Å². The maximum atomic E-state index is 11.9. The van der Waals surface area contributed by atoms with E-state index in [4.69, 9.17) is 5.73 Å². The van der Waals surface area contributed by atoms with Crippen molar-refractivity contribution in [2.45, 2.75) is 12.8 Å². The van der Waals surface area contributed by atoms with Crippen LogP contribution in [0.25, 0.3) is 0 Å². The fourth-order valence-electron chi connectivity index (χ4n) is 2.13. The van der Waals surface area contributed by atoms with Gasteiger partial charge in [0.1, 0.15) is 0 Å². The summed E-state index contributed by atoms with van der Waals surface area (Å²) in [4.78, 5) is 27.4. The van der Waals surface area contributed by atoms with Crippen molar-refractivity contribution in [1.29, 1.82) is 0 Å². The maximum absolute atomic E-state index is 11.9. The summed E-state index contributed by atoms with van der Waals surface area (Å²) in [6.07, 6.45) is 1.74. The van der Waals surface area contributed by atoms with Crippen LogP contribution in [-0.4, -0.2) is 68.4 Å². The van der Waals surface area contributed by atoms with Gasteiger partial charge in [0.15, 0.2) is 0 Å². The molecule has 0 radical (unpaired) electrons. The highest BCUT2D eigenvalue weighted by molar-refractivity contribution is 5.82. The molecule has 0 saturated carbocycles. The first-order valence-corrected chi connectivity index (χ1v) is 6.45. The third-order valence-electron chi connectivity index (χ3n) is 3.04. The van der Waals surface area contributed by atoms with Crippen molar-refractivity contribution in [3.05, 3.63) is 0 Å². The molecule has 1 fully saturated rings. The van der Waals surface area contributed by atoms with Crippen LogP contribution in [0.3, 0.4) is 0 Å². The second kappa shape index (κ2) is 7.33. The fraction of sp³-hybridized carbons (Fsp3) is 0.833. The highest BCUT2D eigenvalue weighted by Gasteiger charge is 2.28. The van der Waals surface area contributed by atoms with Gasteiger partial charge in [-0.3, -0.25) is 9.59 Å². The predicted octanol–water partition coefficient (Wildman–Crippen LogP) is -1.14. The smallest absolute Gasteiger partial charge is 0.236 e. The number of hydrogen-bond donors (Lipinski definition) is 2. The summed E-state index contributed by atoms with van der Waals surface area (Å²) in [6.45, 7) is 2.64.